The molecule has 5 aromatic carbocycles. The molecular weight excluding hydrogens is 525 g/mol. The summed E-state index contributed by atoms with van der Waals surface area (Å²) in [7, 11) is 0. The van der Waals surface area contributed by atoms with Crippen molar-refractivity contribution in [2.45, 2.75) is 51.3 Å². The maximum absolute atomic E-state index is 2.35. The van der Waals surface area contributed by atoms with E-state index in [9.17, 15) is 0 Å². The molecular formula is C41H40S. The summed E-state index contributed by atoms with van der Waals surface area (Å²) in [5, 5.41) is 2.78. The molecule has 1 heteroatoms. The second kappa shape index (κ2) is 14.7. The SMILES string of the molecule is CC1=CCCc2ccccc21.Cc1ccc(-c2ccc(SC3=c4ccccc4=CCC3)cc2)cc1.Cc1ccccc1. The van der Waals surface area contributed by atoms with E-state index < -0.39 is 0 Å². The lowest BCUT2D eigenvalue weighted by molar-refractivity contribution is 0.975. The van der Waals surface area contributed by atoms with Crippen molar-refractivity contribution in [3.63, 3.8) is 0 Å². The monoisotopic (exact) mass is 564 g/mol. The van der Waals surface area contributed by atoms with Crippen molar-refractivity contribution in [1.29, 1.82) is 0 Å². The van der Waals surface area contributed by atoms with Gasteiger partial charge in [-0.1, -0.05) is 150 Å². The minimum Gasteiger partial charge on any atom is -0.0939 e. The van der Waals surface area contributed by atoms with Crippen LogP contribution in [0.3, 0.4) is 0 Å². The van der Waals surface area contributed by atoms with Gasteiger partial charge in [-0.25, -0.2) is 0 Å². The quantitative estimate of drug-likeness (QED) is 0.210. The van der Waals surface area contributed by atoms with Crippen LogP contribution in [0.2, 0.25) is 0 Å². The van der Waals surface area contributed by atoms with Crippen molar-refractivity contribution in [1.82, 2.24) is 0 Å². The second-order valence-corrected chi connectivity index (χ2v) is 12.2. The molecule has 0 heterocycles. The Bertz CT molecular complexity index is 1740. The van der Waals surface area contributed by atoms with Gasteiger partial charge in [0.25, 0.3) is 0 Å². The molecule has 42 heavy (non-hydrogen) atoms. The lowest BCUT2D eigenvalue weighted by Gasteiger charge is -2.13. The van der Waals surface area contributed by atoms with Crippen LogP contribution >= 0.6 is 11.8 Å². The van der Waals surface area contributed by atoms with Crippen LogP contribution in [0.1, 0.15) is 48.4 Å². The first-order chi connectivity index (χ1) is 20.6. The van der Waals surface area contributed by atoms with E-state index in [1.807, 2.05) is 30.0 Å². The van der Waals surface area contributed by atoms with Crippen LogP contribution in [0.15, 0.2) is 138 Å². The zero-order chi connectivity index (χ0) is 29.1. The maximum Gasteiger partial charge on any atom is 0.0119 e. The molecule has 5 aromatic rings. The Morgan fingerprint density at radius 1 is 0.500 bits per heavy atom. The van der Waals surface area contributed by atoms with E-state index in [1.54, 1.807) is 0 Å². The highest BCUT2D eigenvalue weighted by molar-refractivity contribution is 8.08. The van der Waals surface area contributed by atoms with Crippen molar-refractivity contribution in [2.24, 2.45) is 0 Å². The molecule has 0 atom stereocenters. The number of allylic oxidation sites excluding steroid dienone is 2. The fourth-order valence-electron chi connectivity index (χ4n) is 5.34. The third-order valence-electron chi connectivity index (χ3n) is 7.72. The van der Waals surface area contributed by atoms with Crippen LogP contribution in [0.4, 0.5) is 0 Å². The van der Waals surface area contributed by atoms with E-state index in [0.29, 0.717) is 0 Å². The molecule has 0 aliphatic heterocycles. The Balaban J connectivity index is 0.000000160. The predicted octanol–water partition coefficient (Wildman–Crippen LogP) is 10.2. The van der Waals surface area contributed by atoms with Crippen molar-refractivity contribution >= 4 is 28.3 Å². The summed E-state index contributed by atoms with van der Waals surface area (Å²) in [6.45, 7) is 6.40. The highest BCUT2D eigenvalue weighted by atomic mass is 32.2. The first kappa shape index (κ1) is 29.4. The van der Waals surface area contributed by atoms with Gasteiger partial charge in [-0.3, -0.25) is 0 Å². The third-order valence-corrected chi connectivity index (χ3v) is 8.90. The number of rotatable bonds is 3. The van der Waals surface area contributed by atoms with Gasteiger partial charge in [-0.15, -0.1) is 0 Å². The van der Waals surface area contributed by atoms with Gasteiger partial charge in [0.15, 0.2) is 0 Å². The average molecular weight is 565 g/mol. The minimum atomic E-state index is 1.14. The molecule has 0 aromatic heterocycles. The molecule has 0 amide bonds. The highest BCUT2D eigenvalue weighted by Gasteiger charge is 2.08. The predicted molar refractivity (Wildman–Crippen MR) is 185 cm³/mol. The van der Waals surface area contributed by atoms with Crippen LogP contribution in [-0.4, -0.2) is 0 Å². The van der Waals surface area contributed by atoms with E-state index in [0.717, 1.165) is 12.8 Å². The molecule has 7 rings (SSSR count). The Hall–Kier alpha value is -4.07. The fraction of sp³-hybridized carbons (Fsp3) is 0.171. The van der Waals surface area contributed by atoms with E-state index in [-0.39, 0.29) is 0 Å². The number of fused-ring (bicyclic) bond motifs is 2. The molecule has 2 aliphatic carbocycles. The van der Waals surface area contributed by atoms with Crippen LogP contribution in [0, 0.1) is 13.8 Å². The van der Waals surface area contributed by atoms with Crippen LogP contribution < -0.4 is 10.4 Å². The van der Waals surface area contributed by atoms with E-state index >= 15 is 0 Å². The van der Waals surface area contributed by atoms with Crippen LogP contribution in [0.25, 0.3) is 27.7 Å². The highest BCUT2D eigenvalue weighted by Crippen LogP contribution is 2.32. The fourth-order valence-corrected chi connectivity index (χ4v) is 6.42. The normalized spacial score (nSPS) is 13.1. The van der Waals surface area contributed by atoms with Gasteiger partial charge in [-0.05, 0) is 102 Å². The van der Waals surface area contributed by atoms with E-state index in [4.69, 9.17) is 0 Å². The minimum absolute atomic E-state index is 1.14. The van der Waals surface area contributed by atoms with Gasteiger partial charge >= 0.3 is 0 Å². The zero-order valence-electron chi connectivity index (χ0n) is 25.0. The smallest absolute Gasteiger partial charge is 0.0119 e. The van der Waals surface area contributed by atoms with Crippen molar-refractivity contribution in [3.05, 3.63) is 166 Å². The Kier molecular flexibility index (Phi) is 10.3. The summed E-state index contributed by atoms with van der Waals surface area (Å²) in [6, 6.07) is 45.3. The molecule has 2 aliphatic rings. The number of benzene rings is 5. The van der Waals surface area contributed by atoms with Gasteiger partial charge in [-0.2, -0.15) is 0 Å². The van der Waals surface area contributed by atoms with Gasteiger partial charge in [0.2, 0.25) is 0 Å². The molecule has 0 nitrogen and oxygen atoms in total. The van der Waals surface area contributed by atoms with Gasteiger partial charge < -0.3 is 0 Å². The molecule has 0 radical (unpaired) electrons. The molecule has 0 N–H and O–H groups in total. The van der Waals surface area contributed by atoms with Crippen molar-refractivity contribution < 1.29 is 0 Å². The zero-order valence-corrected chi connectivity index (χ0v) is 25.8. The molecule has 0 bridgehead atoms. The van der Waals surface area contributed by atoms with Crippen molar-refractivity contribution in [2.75, 3.05) is 0 Å². The maximum atomic E-state index is 2.35. The Morgan fingerprint density at radius 3 is 1.79 bits per heavy atom. The standard InChI is InChI=1S/C23H20S.C11H12.C7H8/c1-17-9-11-18(12-10-17)19-13-15-21(16-14-19)24-23-8-4-6-20-5-2-3-7-22(20)23;1-9-5-4-7-10-6-2-3-8-11(9)10;1-7-5-3-2-4-6-7/h2-3,5-7,9-16H,4,8H2,1H3;2-3,5-6,8H,4,7H2,1H3;2-6H,1H3. The largest absolute Gasteiger partial charge is 0.0939 e. The summed E-state index contributed by atoms with van der Waals surface area (Å²) >= 11 is 1.91. The van der Waals surface area contributed by atoms with E-state index in [1.165, 1.54) is 72.0 Å². The Morgan fingerprint density at radius 2 is 1.10 bits per heavy atom. The molecule has 0 saturated carbocycles. The van der Waals surface area contributed by atoms with E-state index in [2.05, 4.69) is 142 Å². The summed E-state index contributed by atoms with van der Waals surface area (Å²) in [5.74, 6) is 0. The van der Waals surface area contributed by atoms with Gasteiger partial charge in [0, 0.05) is 4.90 Å². The summed E-state index contributed by atoms with van der Waals surface area (Å²) in [5.41, 5.74) is 9.57. The third kappa shape index (κ3) is 8.02. The Labute approximate surface area is 256 Å². The molecule has 0 fully saturated rings. The van der Waals surface area contributed by atoms with Crippen LogP contribution in [0.5, 0.6) is 0 Å². The topological polar surface area (TPSA) is 0 Å². The lowest BCUT2D eigenvalue weighted by Crippen LogP contribution is -2.28. The van der Waals surface area contributed by atoms with Crippen LogP contribution in [-0.2, 0) is 6.42 Å². The summed E-state index contributed by atoms with van der Waals surface area (Å²) < 4.78 is 0. The van der Waals surface area contributed by atoms with Gasteiger partial charge in [0.05, 0.1) is 0 Å². The molecule has 0 unspecified atom stereocenters. The summed E-state index contributed by atoms with van der Waals surface area (Å²) in [4.78, 5) is 2.80. The first-order valence-corrected chi connectivity index (χ1v) is 15.8. The number of hydrogen-bond acceptors (Lipinski definition) is 1. The molecule has 0 spiro atoms. The number of hydrogen-bond donors (Lipinski definition) is 0. The summed E-state index contributed by atoms with van der Waals surface area (Å²) in [6.07, 6.45) is 9.38. The lowest BCUT2D eigenvalue weighted by atomic mass is 9.92. The first-order valence-electron chi connectivity index (χ1n) is 15.0. The second-order valence-electron chi connectivity index (χ2n) is 11.0. The van der Waals surface area contributed by atoms with Crippen molar-refractivity contribution in [3.8, 4) is 11.1 Å². The van der Waals surface area contributed by atoms with Gasteiger partial charge in [0.1, 0.15) is 0 Å². The molecule has 210 valence electrons. The molecule has 0 saturated heterocycles. The number of aryl methyl sites for hydroxylation is 3. The number of thioether (sulfide) groups is 1. The average Bonchev–Trinajstić information content (AvgIpc) is 3.03.